The van der Waals surface area contributed by atoms with Crippen molar-refractivity contribution in [2.24, 2.45) is 0 Å². The predicted octanol–water partition coefficient (Wildman–Crippen LogP) is 2.38. The van der Waals surface area contributed by atoms with Crippen molar-refractivity contribution >= 4 is 23.9 Å². The minimum Gasteiger partial charge on any atom is -0.466 e. The van der Waals surface area contributed by atoms with Crippen molar-refractivity contribution < 1.29 is 23.8 Å². The van der Waals surface area contributed by atoms with Crippen LogP contribution in [0, 0.1) is 0 Å². The summed E-state index contributed by atoms with van der Waals surface area (Å²) in [6.07, 6.45) is 2.46. The third-order valence-electron chi connectivity index (χ3n) is 2.45. The maximum atomic E-state index is 11.3. The van der Waals surface area contributed by atoms with Crippen molar-refractivity contribution in [1.29, 1.82) is 0 Å². The number of carbonyl (C=O) groups is 2. The number of cyclic esters (lactones) is 2. The quantitative estimate of drug-likeness (QED) is 0.476. The predicted molar refractivity (Wildman–Crippen MR) is 68.6 cm³/mol. The Labute approximate surface area is 112 Å². The molecule has 0 spiro atoms. The molecule has 104 valence electrons. The van der Waals surface area contributed by atoms with E-state index in [1.54, 1.807) is 11.8 Å². The summed E-state index contributed by atoms with van der Waals surface area (Å²) in [6.45, 7) is 2.93. The van der Waals surface area contributed by atoms with Crippen LogP contribution in [-0.4, -0.2) is 42.9 Å². The van der Waals surface area contributed by atoms with Gasteiger partial charge in [0.25, 0.3) is 0 Å². The van der Waals surface area contributed by atoms with E-state index >= 15 is 0 Å². The minimum atomic E-state index is -0.579. The molecule has 0 N–H and O–H groups in total. The van der Waals surface area contributed by atoms with Crippen molar-refractivity contribution in [3.05, 3.63) is 0 Å². The van der Waals surface area contributed by atoms with Crippen LogP contribution in [0.3, 0.4) is 0 Å². The van der Waals surface area contributed by atoms with Crippen LogP contribution in [-0.2, 0) is 19.0 Å². The minimum absolute atomic E-state index is 0.124. The zero-order valence-electron chi connectivity index (χ0n) is 10.7. The van der Waals surface area contributed by atoms with E-state index in [1.165, 1.54) is 0 Å². The highest BCUT2D eigenvalue weighted by Crippen LogP contribution is 2.14. The van der Waals surface area contributed by atoms with Crippen molar-refractivity contribution in [3.63, 3.8) is 0 Å². The average Bonchev–Trinajstić information content (AvgIpc) is 2.75. The van der Waals surface area contributed by atoms with Gasteiger partial charge >= 0.3 is 12.1 Å². The number of esters is 1. The molecule has 0 radical (unpaired) electrons. The summed E-state index contributed by atoms with van der Waals surface area (Å²) in [4.78, 5) is 21.9. The lowest BCUT2D eigenvalue weighted by Crippen LogP contribution is -2.11. The van der Waals surface area contributed by atoms with Crippen LogP contribution in [0.15, 0.2) is 0 Å². The number of carbonyl (C=O) groups excluding carboxylic acids is 2. The van der Waals surface area contributed by atoms with E-state index in [0.717, 1.165) is 30.8 Å². The van der Waals surface area contributed by atoms with E-state index in [0.29, 0.717) is 19.6 Å². The first-order chi connectivity index (χ1) is 8.72. The van der Waals surface area contributed by atoms with E-state index in [9.17, 15) is 9.59 Å². The van der Waals surface area contributed by atoms with Crippen LogP contribution < -0.4 is 0 Å². The largest absolute Gasteiger partial charge is 0.508 e. The number of thioether (sulfide) groups is 1. The molecular formula is C12H20O5S. The standard InChI is InChI=1S/C12H20O5S/c1-2-3-6-15-11(13)5-8-18-7-4-10-9-16-12(14)17-10/h10H,2-9H2,1H3. The average molecular weight is 276 g/mol. The highest BCUT2D eigenvalue weighted by Gasteiger charge is 2.24. The summed E-state index contributed by atoms with van der Waals surface area (Å²) in [5.41, 5.74) is 0. The van der Waals surface area contributed by atoms with E-state index in [2.05, 4.69) is 11.7 Å². The zero-order valence-corrected chi connectivity index (χ0v) is 11.5. The fraction of sp³-hybridized carbons (Fsp3) is 0.833. The van der Waals surface area contributed by atoms with Gasteiger partial charge in [-0.05, 0) is 18.6 Å². The van der Waals surface area contributed by atoms with Gasteiger partial charge in [0.1, 0.15) is 12.7 Å². The van der Waals surface area contributed by atoms with E-state index < -0.39 is 6.16 Å². The lowest BCUT2D eigenvalue weighted by Gasteiger charge is -2.06. The summed E-state index contributed by atoms with van der Waals surface area (Å²) in [5.74, 6) is 1.46. The van der Waals surface area contributed by atoms with Gasteiger partial charge in [-0.1, -0.05) is 13.3 Å². The Bertz CT molecular complexity index is 269. The Kier molecular flexibility index (Phi) is 7.64. The number of unbranched alkanes of at least 4 members (excludes halogenated alkanes) is 1. The maximum Gasteiger partial charge on any atom is 0.508 e. The van der Waals surface area contributed by atoms with Gasteiger partial charge in [0.15, 0.2) is 0 Å². The van der Waals surface area contributed by atoms with Crippen molar-refractivity contribution in [3.8, 4) is 0 Å². The summed E-state index contributed by atoms with van der Waals surface area (Å²) >= 11 is 1.66. The molecule has 0 bridgehead atoms. The summed E-state index contributed by atoms with van der Waals surface area (Å²) in [5, 5.41) is 0. The molecule has 0 aliphatic carbocycles. The molecule has 1 fully saturated rings. The molecule has 0 amide bonds. The normalized spacial score (nSPS) is 18.3. The molecule has 1 saturated heterocycles. The van der Waals surface area contributed by atoms with Crippen LogP contribution in [0.25, 0.3) is 0 Å². The summed E-state index contributed by atoms with van der Waals surface area (Å²) in [7, 11) is 0. The fourth-order valence-corrected chi connectivity index (χ4v) is 2.33. The fourth-order valence-electron chi connectivity index (χ4n) is 1.38. The van der Waals surface area contributed by atoms with Gasteiger partial charge in [-0.3, -0.25) is 4.79 Å². The lowest BCUT2D eigenvalue weighted by atomic mass is 10.3. The third kappa shape index (κ3) is 6.74. The Morgan fingerprint density at radius 1 is 1.50 bits per heavy atom. The molecule has 0 aromatic rings. The number of ether oxygens (including phenoxy) is 3. The first-order valence-corrected chi connectivity index (χ1v) is 7.44. The first-order valence-electron chi connectivity index (χ1n) is 6.29. The van der Waals surface area contributed by atoms with Gasteiger partial charge in [-0.2, -0.15) is 11.8 Å². The van der Waals surface area contributed by atoms with Crippen LogP contribution in [0.5, 0.6) is 0 Å². The second-order valence-corrected chi connectivity index (χ2v) is 5.25. The van der Waals surface area contributed by atoms with Gasteiger partial charge in [0.05, 0.1) is 13.0 Å². The van der Waals surface area contributed by atoms with Crippen LogP contribution in [0.2, 0.25) is 0 Å². The first kappa shape index (κ1) is 15.1. The molecule has 0 saturated carbocycles. The number of hydrogen-bond donors (Lipinski definition) is 0. The van der Waals surface area contributed by atoms with E-state index in [1.807, 2.05) is 0 Å². The number of hydrogen-bond acceptors (Lipinski definition) is 6. The Morgan fingerprint density at radius 2 is 2.33 bits per heavy atom. The molecule has 0 aromatic heterocycles. The van der Waals surface area contributed by atoms with Crippen molar-refractivity contribution in [1.82, 2.24) is 0 Å². The molecule has 6 heteroatoms. The molecule has 1 heterocycles. The SMILES string of the molecule is CCCCOC(=O)CCSCCC1COC(=O)O1. The molecule has 0 aromatic carbocycles. The van der Waals surface area contributed by atoms with Crippen LogP contribution in [0.4, 0.5) is 4.79 Å². The zero-order chi connectivity index (χ0) is 13.2. The highest BCUT2D eigenvalue weighted by molar-refractivity contribution is 7.99. The molecule has 1 aliphatic heterocycles. The van der Waals surface area contributed by atoms with Gasteiger partial charge in [0, 0.05) is 5.75 Å². The second-order valence-electron chi connectivity index (χ2n) is 4.03. The second kappa shape index (κ2) is 9.08. The van der Waals surface area contributed by atoms with Gasteiger partial charge < -0.3 is 14.2 Å². The maximum absolute atomic E-state index is 11.3. The molecule has 1 rings (SSSR count). The Hall–Kier alpha value is -0.910. The Morgan fingerprint density at radius 3 is 3.00 bits per heavy atom. The lowest BCUT2D eigenvalue weighted by molar-refractivity contribution is -0.143. The monoisotopic (exact) mass is 276 g/mol. The molecule has 1 unspecified atom stereocenters. The van der Waals surface area contributed by atoms with E-state index in [-0.39, 0.29) is 12.1 Å². The molecule has 1 atom stereocenters. The third-order valence-corrected chi connectivity index (χ3v) is 3.46. The molecule has 18 heavy (non-hydrogen) atoms. The number of rotatable bonds is 9. The van der Waals surface area contributed by atoms with Crippen LogP contribution >= 0.6 is 11.8 Å². The summed E-state index contributed by atoms with van der Waals surface area (Å²) < 4.78 is 14.6. The van der Waals surface area contributed by atoms with Crippen LogP contribution in [0.1, 0.15) is 32.6 Å². The molecular weight excluding hydrogens is 256 g/mol. The van der Waals surface area contributed by atoms with Crippen molar-refractivity contribution in [2.75, 3.05) is 24.7 Å². The van der Waals surface area contributed by atoms with Gasteiger partial charge in [-0.15, -0.1) is 0 Å². The topological polar surface area (TPSA) is 61.8 Å². The molecule has 5 nitrogen and oxygen atoms in total. The van der Waals surface area contributed by atoms with E-state index in [4.69, 9.17) is 9.47 Å². The van der Waals surface area contributed by atoms with Crippen molar-refractivity contribution in [2.45, 2.75) is 38.7 Å². The highest BCUT2D eigenvalue weighted by atomic mass is 32.2. The molecule has 1 aliphatic rings. The Balaban J connectivity index is 1.89. The summed E-state index contributed by atoms with van der Waals surface area (Å²) in [6, 6.07) is 0. The smallest absolute Gasteiger partial charge is 0.466 e. The van der Waals surface area contributed by atoms with Gasteiger partial charge in [-0.25, -0.2) is 4.79 Å². The van der Waals surface area contributed by atoms with Gasteiger partial charge in [0.2, 0.25) is 0 Å².